The van der Waals surface area contributed by atoms with Crippen LogP contribution in [-0.2, 0) is 4.74 Å². The number of hydrogen-bond acceptors (Lipinski definition) is 5. The highest BCUT2D eigenvalue weighted by atomic mass is 16.5. The molecule has 1 aromatic rings. The minimum absolute atomic E-state index is 0.126. The fourth-order valence-electron chi connectivity index (χ4n) is 1.45. The lowest BCUT2D eigenvalue weighted by atomic mass is 10.2. The van der Waals surface area contributed by atoms with E-state index >= 15 is 0 Å². The SMILES string of the molecule is C/C=C\O/C(=C/CC)c1nc(N)c(C(=O)O)nc1C. The number of carboxylic acid groups (broad SMARTS) is 1. The number of anilines is 1. The monoisotopic (exact) mass is 263 g/mol. The molecule has 19 heavy (non-hydrogen) atoms. The van der Waals surface area contributed by atoms with Gasteiger partial charge in [0.15, 0.2) is 11.5 Å². The Kier molecular flexibility index (Phi) is 5.05. The second kappa shape index (κ2) is 6.53. The normalized spacial score (nSPS) is 11.8. The van der Waals surface area contributed by atoms with E-state index in [2.05, 4.69) is 9.97 Å². The van der Waals surface area contributed by atoms with Crippen molar-refractivity contribution in [3.8, 4) is 0 Å². The standard InChI is InChI=1S/C13H17N3O3/c1-4-6-9(19-7-5-2)10-8(3)15-11(13(17)18)12(14)16-10/h5-7H,4H2,1-3H3,(H2,14,16)(H,17,18)/b7-5-,9-6+. The van der Waals surface area contributed by atoms with Gasteiger partial charge >= 0.3 is 5.97 Å². The van der Waals surface area contributed by atoms with Gasteiger partial charge in [0.1, 0.15) is 11.5 Å². The fourth-order valence-corrected chi connectivity index (χ4v) is 1.45. The first-order valence-electron chi connectivity index (χ1n) is 5.87. The third kappa shape index (κ3) is 3.54. The van der Waals surface area contributed by atoms with E-state index in [0.29, 0.717) is 17.1 Å². The maximum atomic E-state index is 10.9. The van der Waals surface area contributed by atoms with Crippen LogP contribution in [0.3, 0.4) is 0 Å². The van der Waals surface area contributed by atoms with E-state index in [0.717, 1.165) is 6.42 Å². The molecule has 3 N–H and O–H groups in total. The number of hydrogen-bond donors (Lipinski definition) is 2. The number of aromatic nitrogens is 2. The number of nitrogens with zero attached hydrogens (tertiary/aromatic N) is 2. The van der Waals surface area contributed by atoms with Crippen molar-refractivity contribution >= 4 is 17.5 Å². The number of aryl methyl sites for hydroxylation is 1. The Labute approximate surface area is 111 Å². The van der Waals surface area contributed by atoms with Crippen LogP contribution in [0.4, 0.5) is 5.82 Å². The van der Waals surface area contributed by atoms with Gasteiger partial charge in [-0.15, -0.1) is 0 Å². The smallest absolute Gasteiger partial charge is 0.358 e. The van der Waals surface area contributed by atoms with Gasteiger partial charge in [-0.2, -0.15) is 0 Å². The first kappa shape index (κ1) is 14.7. The largest absolute Gasteiger partial charge is 0.476 e. The van der Waals surface area contributed by atoms with Crippen LogP contribution in [0.15, 0.2) is 18.4 Å². The van der Waals surface area contributed by atoms with Gasteiger partial charge in [-0.05, 0) is 26.3 Å². The number of nitrogens with two attached hydrogens (primary N) is 1. The molecule has 0 spiro atoms. The van der Waals surface area contributed by atoms with E-state index in [1.54, 1.807) is 13.0 Å². The summed E-state index contributed by atoms with van der Waals surface area (Å²) in [6.45, 7) is 5.44. The van der Waals surface area contributed by atoms with Gasteiger partial charge in [-0.25, -0.2) is 14.8 Å². The predicted octanol–water partition coefficient (Wildman–Crippen LogP) is 2.37. The third-order valence-electron chi connectivity index (χ3n) is 2.25. The van der Waals surface area contributed by atoms with Crippen LogP contribution in [0.2, 0.25) is 0 Å². The van der Waals surface area contributed by atoms with Gasteiger partial charge in [-0.1, -0.05) is 13.0 Å². The van der Waals surface area contributed by atoms with Crippen molar-refractivity contribution in [2.45, 2.75) is 27.2 Å². The van der Waals surface area contributed by atoms with Crippen LogP contribution in [0, 0.1) is 6.92 Å². The summed E-state index contributed by atoms with van der Waals surface area (Å²) in [5, 5.41) is 8.92. The highest BCUT2D eigenvalue weighted by Crippen LogP contribution is 2.20. The Morgan fingerprint density at radius 2 is 2.11 bits per heavy atom. The molecule has 1 heterocycles. The Bertz CT molecular complexity index is 536. The number of nitrogen functional groups attached to an aromatic ring is 1. The van der Waals surface area contributed by atoms with Crippen molar-refractivity contribution in [1.82, 2.24) is 9.97 Å². The summed E-state index contributed by atoms with van der Waals surface area (Å²) in [5.74, 6) is -0.816. The summed E-state index contributed by atoms with van der Waals surface area (Å²) in [7, 11) is 0. The maximum absolute atomic E-state index is 10.9. The topological polar surface area (TPSA) is 98.3 Å². The number of rotatable bonds is 5. The molecule has 0 fully saturated rings. The molecule has 0 atom stereocenters. The summed E-state index contributed by atoms with van der Waals surface area (Å²) in [4.78, 5) is 18.9. The molecule has 0 aliphatic heterocycles. The van der Waals surface area contributed by atoms with E-state index in [9.17, 15) is 4.79 Å². The predicted molar refractivity (Wildman–Crippen MR) is 72.3 cm³/mol. The lowest BCUT2D eigenvalue weighted by molar-refractivity contribution is 0.0691. The summed E-state index contributed by atoms with van der Waals surface area (Å²) in [5.41, 5.74) is 6.25. The van der Waals surface area contributed by atoms with Gasteiger partial charge < -0.3 is 15.6 Å². The quantitative estimate of drug-likeness (QED) is 0.791. The molecule has 0 radical (unpaired) electrons. The lowest BCUT2D eigenvalue weighted by Crippen LogP contribution is -2.12. The van der Waals surface area contributed by atoms with Gasteiger partial charge in [-0.3, -0.25) is 0 Å². The number of allylic oxidation sites excluding steroid dienone is 2. The molecule has 0 unspecified atom stereocenters. The van der Waals surface area contributed by atoms with Crippen LogP contribution < -0.4 is 5.73 Å². The summed E-state index contributed by atoms with van der Waals surface area (Å²) in [6.07, 6.45) is 5.83. The van der Waals surface area contributed by atoms with Crippen molar-refractivity contribution in [3.05, 3.63) is 35.5 Å². The van der Waals surface area contributed by atoms with Crippen LogP contribution >= 0.6 is 0 Å². The molecule has 0 bridgehead atoms. The van der Waals surface area contributed by atoms with Crippen molar-refractivity contribution < 1.29 is 14.6 Å². The molecular weight excluding hydrogens is 246 g/mol. The van der Waals surface area contributed by atoms with Crippen LogP contribution in [0.25, 0.3) is 5.76 Å². The fraction of sp³-hybridized carbons (Fsp3) is 0.308. The first-order valence-corrected chi connectivity index (χ1v) is 5.87. The van der Waals surface area contributed by atoms with Gasteiger partial charge in [0.2, 0.25) is 0 Å². The minimum Gasteiger partial charge on any atom is -0.476 e. The highest BCUT2D eigenvalue weighted by molar-refractivity contribution is 5.90. The number of aromatic carboxylic acids is 1. The second-order valence-corrected chi connectivity index (χ2v) is 3.76. The Hall–Kier alpha value is -2.37. The van der Waals surface area contributed by atoms with Crippen LogP contribution in [-0.4, -0.2) is 21.0 Å². The molecule has 0 amide bonds. The molecule has 6 nitrogen and oxygen atoms in total. The van der Waals surface area contributed by atoms with Crippen molar-refractivity contribution in [2.24, 2.45) is 0 Å². The Balaban J connectivity index is 3.29. The molecule has 102 valence electrons. The first-order chi connectivity index (χ1) is 9.01. The van der Waals surface area contributed by atoms with Gasteiger partial charge in [0, 0.05) is 0 Å². The highest BCUT2D eigenvalue weighted by Gasteiger charge is 2.17. The van der Waals surface area contributed by atoms with E-state index < -0.39 is 5.97 Å². The zero-order chi connectivity index (χ0) is 14.4. The Morgan fingerprint density at radius 1 is 1.42 bits per heavy atom. The van der Waals surface area contributed by atoms with Crippen molar-refractivity contribution in [3.63, 3.8) is 0 Å². The maximum Gasteiger partial charge on any atom is 0.358 e. The van der Waals surface area contributed by atoms with Crippen molar-refractivity contribution in [2.75, 3.05) is 5.73 Å². The molecule has 0 saturated heterocycles. The summed E-state index contributed by atoms with van der Waals surface area (Å²) >= 11 is 0. The van der Waals surface area contributed by atoms with E-state index in [4.69, 9.17) is 15.6 Å². The summed E-state index contributed by atoms with van der Waals surface area (Å²) in [6, 6.07) is 0. The number of ether oxygens (including phenoxy) is 1. The molecular formula is C13H17N3O3. The molecule has 0 aliphatic carbocycles. The zero-order valence-electron chi connectivity index (χ0n) is 11.2. The Morgan fingerprint density at radius 3 is 2.63 bits per heavy atom. The second-order valence-electron chi connectivity index (χ2n) is 3.76. The van der Waals surface area contributed by atoms with E-state index in [1.165, 1.54) is 6.26 Å². The average molecular weight is 263 g/mol. The number of carboxylic acids is 1. The van der Waals surface area contributed by atoms with E-state index in [-0.39, 0.29) is 11.5 Å². The molecule has 0 aliphatic rings. The number of carbonyl (C=O) groups is 1. The van der Waals surface area contributed by atoms with Crippen LogP contribution in [0.5, 0.6) is 0 Å². The zero-order valence-corrected chi connectivity index (χ0v) is 11.2. The molecule has 6 heteroatoms. The van der Waals surface area contributed by atoms with Gasteiger partial charge in [0.25, 0.3) is 0 Å². The van der Waals surface area contributed by atoms with Crippen LogP contribution in [0.1, 0.15) is 42.1 Å². The van der Waals surface area contributed by atoms with Gasteiger partial charge in [0.05, 0.1) is 12.0 Å². The summed E-state index contributed by atoms with van der Waals surface area (Å²) < 4.78 is 5.43. The average Bonchev–Trinajstić information content (AvgIpc) is 2.36. The molecule has 1 aromatic heterocycles. The van der Waals surface area contributed by atoms with Crippen molar-refractivity contribution in [1.29, 1.82) is 0 Å². The lowest BCUT2D eigenvalue weighted by Gasteiger charge is -2.10. The molecule has 0 saturated carbocycles. The van der Waals surface area contributed by atoms with E-state index in [1.807, 2.05) is 19.9 Å². The third-order valence-corrected chi connectivity index (χ3v) is 2.25. The minimum atomic E-state index is -1.20. The molecule has 1 rings (SSSR count). The molecule has 0 aromatic carbocycles.